The average molecular weight is 261 g/mol. The molecule has 1 aliphatic rings. The molecule has 1 fully saturated rings. The molecule has 1 aromatic heterocycles. The number of rotatable bonds is 2. The lowest BCUT2D eigenvalue weighted by atomic mass is 10.1. The normalized spacial score (nSPS) is 19.5. The predicted octanol–water partition coefficient (Wildman–Crippen LogP) is 0.807. The van der Waals surface area contributed by atoms with Crippen molar-refractivity contribution in [3.05, 3.63) is 38.9 Å². The Morgan fingerprint density at radius 3 is 2.84 bits per heavy atom. The minimum absolute atomic E-state index is 0.179. The second-order valence-corrected chi connectivity index (χ2v) is 4.69. The van der Waals surface area contributed by atoms with Crippen molar-refractivity contribution in [3.63, 3.8) is 0 Å². The van der Waals surface area contributed by atoms with Gasteiger partial charge in [0.05, 0.1) is 17.4 Å². The molecule has 1 aliphatic heterocycles. The number of anilines is 1. The van der Waals surface area contributed by atoms with Gasteiger partial charge in [0.2, 0.25) is 0 Å². The topological polar surface area (TPSA) is 87.0 Å². The third kappa shape index (κ3) is 2.26. The molecule has 0 amide bonds. The van der Waals surface area contributed by atoms with E-state index < -0.39 is 0 Å². The van der Waals surface area contributed by atoms with E-state index >= 15 is 0 Å². The minimum Gasteiger partial charge on any atom is -0.379 e. The Labute approximate surface area is 108 Å². The molecule has 19 heavy (non-hydrogen) atoms. The van der Waals surface area contributed by atoms with Gasteiger partial charge in [-0.2, -0.15) is 0 Å². The van der Waals surface area contributed by atoms with E-state index in [0.29, 0.717) is 23.1 Å². The van der Waals surface area contributed by atoms with Gasteiger partial charge in [0, 0.05) is 18.3 Å². The Kier molecular flexibility index (Phi) is 3.08. The highest BCUT2D eigenvalue weighted by Crippen LogP contribution is 2.20. The standard InChI is InChI=1S/C13H15N3O3/c17-12-9-4-1-5-10(11(9)13(18)16-15-12)14-8-3-2-6-19-7-8/h1,4-5,8,14H,2-3,6-7H2,(H,15,17)(H,16,18). The van der Waals surface area contributed by atoms with Crippen LogP contribution in [0.25, 0.3) is 10.8 Å². The summed E-state index contributed by atoms with van der Waals surface area (Å²) in [4.78, 5) is 23.6. The fourth-order valence-corrected chi connectivity index (χ4v) is 2.42. The van der Waals surface area contributed by atoms with Crippen molar-refractivity contribution >= 4 is 16.5 Å². The van der Waals surface area contributed by atoms with Crippen molar-refractivity contribution in [3.8, 4) is 0 Å². The number of fused-ring (bicyclic) bond motifs is 1. The Morgan fingerprint density at radius 1 is 1.21 bits per heavy atom. The fraction of sp³-hybridized carbons (Fsp3) is 0.385. The summed E-state index contributed by atoms with van der Waals surface area (Å²) >= 11 is 0. The molecule has 1 saturated heterocycles. The first-order valence-corrected chi connectivity index (χ1v) is 6.33. The zero-order valence-corrected chi connectivity index (χ0v) is 10.4. The van der Waals surface area contributed by atoms with E-state index in [1.165, 1.54) is 0 Å². The molecule has 0 bridgehead atoms. The third-order valence-electron chi connectivity index (χ3n) is 3.35. The summed E-state index contributed by atoms with van der Waals surface area (Å²) in [6, 6.07) is 5.40. The largest absolute Gasteiger partial charge is 0.379 e. The highest BCUT2D eigenvalue weighted by atomic mass is 16.5. The second-order valence-electron chi connectivity index (χ2n) is 4.69. The van der Waals surface area contributed by atoms with Crippen molar-refractivity contribution in [2.45, 2.75) is 18.9 Å². The first-order valence-electron chi connectivity index (χ1n) is 6.33. The van der Waals surface area contributed by atoms with Crippen LogP contribution in [0.4, 0.5) is 5.69 Å². The quantitative estimate of drug-likeness (QED) is 0.746. The predicted molar refractivity (Wildman–Crippen MR) is 72.7 cm³/mol. The minimum atomic E-state index is -0.297. The van der Waals surface area contributed by atoms with Crippen LogP contribution >= 0.6 is 0 Å². The van der Waals surface area contributed by atoms with Crippen LogP contribution in [0.5, 0.6) is 0 Å². The molecule has 6 nitrogen and oxygen atoms in total. The molecule has 2 heterocycles. The summed E-state index contributed by atoms with van der Waals surface area (Å²) in [5.41, 5.74) is 0.0907. The molecule has 1 aromatic carbocycles. The van der Waals surface area contributed by atoms with Gasteiger partial charge in [0.15, 0.2) is 0 Å². The number of H-pyrrole nitrogens is 2. The summed E-state index contributed by atoms with van der Waals surface area (Å²) in [7, 11) is 0. The smallest absolute Gasteiger partial charge is 0.272 e. The van der Waals surface area contributed by atoms with E-state index in [1.807, 2.05) is 6.07 Å². The molecule has 2 aromatic rings. The Morgan fingerprint density at radius 2 is 2.05 bits per heavy atom. The summed E-state index contributed by atoms with van der Waals surface area (Å²) in [5, 5.41) is 8.77. The van der Waals surface area contributed by atoms with Crippen LogP contribution in [0.2, 0.25) is 0 Å². The number of aromatic amines is 2. The molecule has 1 atom stereocenters. The van der Waals surface area contributed by atoms with Gasteiger partial charge in [-0.05, 0) is 25.0 Å². The van der Waals surface area contributed by atoms with E-state index in [9.17, 15) is 9.59 Å². The maximum atomic E-state index is 11.9. The maximum absolute atomic E-state index is 11.9. The monoisotopic (exact) mass is 261 g/mol. The van der Waals surface area contributed by atoms with E-state index in [0.717, 1.165) is 19.4 Å². The van der Waals surface area contributed by atoms with Gasteiger partial charge in [-0.1, -0.05) is 6.07 Å². The van der Waals surface area contributed by atoms with Crippen LogP contribution in [-0.2, 0) is 4.74 Å². The Balaban J connectivity index is 2.06. The highest BCUT2D eigenvalue weighted by Gasteiger charge is 2.16. The molecule has 6 heteroatoms. The second kappa shape index (κ2) is 4.89. The first kappa shape index (κ1) is 12.0. The van der Waals surface area contributed by atoms with Gasteiger partial charge in [0.25, 0.3) is 11.1 Å². The summed E-state index contributed by atoms with van der Waals surface area (Å²) in [6.45, 7) is 1.41. The number of aromatic nitrogens is 2. The number of hydrogen-bond donors (Lipinski definition) is 3. The van der Waals surface area contributed by atoms with Crippen LogP contribution in [-0.4, -0.2) is 29.5 Å². The van der Waals surface area contributed by atoms with Crippen LogP contribution in [0.3, 0.4) is 0 Å². The van der Waals surface area contributed by atoms with Gasteiger partial charge >= 0.3 is 0 Å². The molecule has 0 spiro atoms. The molecular formula is C13H15N3O3. The lowest BCUT2D eigenvalue weighted by Gasteiger charge is -2.24. The maximum Gasteiger partial charge on any atom is 0.272 e. The summed E-state index contributed by atoms with van der Waals surface area (Å²) in [5.74, 6) is 0. The molecule has 0 radical (unpaired) electrons. The van der Waals surface area contributed by atoms with E-state index in [4.69, 9.17) is 4.74 Å². The van der Waals surface area contributed by atoms with Crippen LogP contribution in [0.1, 0.15) is 12.8 Å². The van der Waals surface area contributed by atoms with Crippen molar-refractivity contribution in [1.82, 2.24) is 10.2 Å². The first-order chi connectivity index (χ1) is 9.25. The van der Waals surface area contributed by atoms with Crippen molar-refractivity contribution in [2.75, 3.05) is 18.5 Å². The summed E-state index contributed by atoms with van der Waals surface area (Å²) < 4.78 is 5.40. The van der Waals surface area contributed by atoms with Gasteiger partial charge in [-0.25, -0.2) is 0 Å². The molecule has 1 unspecified atom stereocenters. The van der Waals surface area contributed by atoms with Crippen molar-refractivity contribution in [1.29, 1.82) is 0 Å². The number of benzene rings is 1. The van der Waals surface area contributed by atoms with E-state index in [1.54, 1.807) is 12.1 Å². The number of nitrogens with one attached hydrogen (secondary N) is 3. The molecule has 3 rings (SSSR count). The summed E-state index contributed by atoms with van der Waals surface area (Å²) in [6.07, 6.45) is 2.00. The van der Waals surface area contributed by atoms with Gasteiger partial charge < -0.3 is 10.1 Å². The van der Waals surface area contributed by atoms with E-state index in [-0.39, 0.29) is 17.2 Å². The molecule has 100 valence electrons. The SMILES string of the molecule is O=c1[nH][nH]c(=O)c2c(NC3CCCOC3)cccc12. The third-order valence-corrected chi connectivity index (χ3v) is 3.35. The molecule has 0 saturated carbocycles. The molecular weight excluding hydrogens is 246 g/mol. The van der Waals surface area contributed by atoms with Crippen molar-refractivity contribution < 1.29 is 4.74 Å². The van der Waals surface area contributed by atoms with Gasteiger partial charge in [-0.15, -0.1) is 0 Å². The van der Waals surface area contributed by atoms with Gasteiger partial charge in [-0.3, -0.25) is 19.8 Å². The zero-order chi connectivity index (χ0) is 13.2. The Bertz CT molecular complexity index is 698. The van der Waals surface area contributed by atoms with Crippen LogP contribution in [0, 0.1) is 0 Å². The van der Waals surface area contributed by atoms with Crippen LogP contribution < -0.4 is 16.4 Å². The number of hydrogen-bond acceptors (Lipinski definition) is 4. The lowest BCUT2D eigenvalue weighted by molar-refractivity contribution is 0.0876. The fourth-order valence-electron chi connectivity index (χ4n) is 2.42. The van der Waals surface area contributed by atoms with Gasteiger partial charge in [0.1, 0.15) is 0 Å². The Hall–Kier alpha value is -2.08. The zero-order valence-electron chi connectivity index (χ0n) is 10.4. The average Bonchev–Trinajstić information content (AvgIpc) is 2.44. The molecule has 0 aliphatic carbocycles. The lowest BCUT2D eigenvalue weighted by Crippen LogP contribution is -2.31. The van der Waals surface area contributed by atoms with Crippen LogP contribution in [0.15, 0.2) is 27.8 Å². The molecule has 3 N–H and O–H groups in total. The van der Waals surface area contributed by atoms with E-state index in [2.05, 4.69) is 15.5 Å². The number of ether oxygens (including phenoxy) is 1. The van der Waals surface area contributed by atoms with Crippen molar-refractivity contribution in [2.24, 2.45) is 0 Å². The highest BCUT2D eigenvalue weighted by molar-refractivity contribution is 5.92.